The fraction of sp³-hybridized carbons (Fsp3) is 0.300. The molecule has 1 heterocycles. The summed E-state index contributed by atoms with van der Waals surface area (Å²) in [5, 5.41) is 0. The van der Waals surface area contributed by atoms with Crippen molar-refractivity contribution in [3.05, 3.63) is 24.0 Å². The average molecular weight is 248 g/mol. The second-order valence-electron chi connectivity index (χ2n) is 3.55. The van der Waals surface area contributed by atoms with Gasteiger partial charge in [0.25, 0.3) is 0 Å². The van der Waals surface area contributed by atoms with Gasteiger partial charge in [0.05, 0.1) is 11.0 Å². The lowest BCUT2D eigenvalue weighted by Gasteiger charge is -1.95. The highest BCUT2D eigenvalue weighted by atomic mass is 35.5. The predicted octanol–water partition coefficient (Wildman–Crippen LogP) is 3.11. The van der Waals surface area contributed by atoms with Crippen LogP contribution in [-0.2, 0) is 0 Å². The van der Waals surface area contributed by atoms with Crippen molar-refractivity contribution in [2.75, 3.05) is 5.73 Å². The molecule has 0 saturated carbocycles. The number of nitrogens with zero attached hydrogens (tertiary/aromatic N) is 1. The smallest absolute Gasteiger partial charge is 0.109 e. The van der Waals surface area contributed by atoms with E-state index in [0.717, 1.165) is 22.5 Å². The fourth-order valence-electron chi connectivity index (χ4n) is 1.32. The normalized spacial score (nSPS) is 9.80. The van der Waals surface area contributed by atoms with Gasteiger partial charge in [-0.3, -0.25) is 0 Å². The van der Waals surface area contributed by atoms with Crippen molar-refractivity contribution in [1.82, 2.24) is 9.97 Å². The van der Waals surface area contributed by atoms with Crippen LogP contribution in [-0.4, -0.2) is 9.97 Å². The minimum absolute atomic E-state index is 0. The zero-order chi connectivity index (χ0) is 9.42. The lowest BCUT2D eigenvalue weighted by atomic mass is 10.2. The molecule has 0 unspecified atom stereocenters. The van der Waals surface area contributed by atoms with Crippen LogP contribution < -0.4 is 5.73 Å². The molecule has 5 heteroatoms. The summed E-state index contributed by atoms with van der Waals surface area (Å²) in [6.45, 7) is 4.22. The van der Waals surface area contributed by atoms with Crippen molar-refractivity contribution < 1.29 is 0 Å². The molecule has 0 aliphatic rings. The van der Waals surface area contributed by atoms with Crippen molar-refractivity contribution in [2.45, 2.75) is 19.8 Å². The molecule has 0 spiro atoms. The van der Waals surface area contributed by atoms with Crippen molar-refractivity contribution in [1.29, 1.82) is 0 Å². The Hall–Kier alpha value is -0.930. The van der Waals surface area contributed by atoms with Gasteiger partial charge >= 0.3 is 0 Å². The second kappa shape index (κ2) is 5.24. The number of halogens is 2. The van der Waals surface area contributed by atoms with E-state index in [1.165, 1.54) is 0 Å². The molecular weight excluding hydrogens is 233 g/mol. The molecule has 2 rings (SSSR count). The van der Waals surface area contributed by atoms with Crippen molar-refractivity contribution in [2.24, 2.45) is 0 Å². The molecular formula is C10H15Cl2N3. The van der Waals surface area contributed by atoms with Crippen LogP contribution in [0.15, 0.2) is 18.2 Å². The summed E-state index contributed by atoms with van der Waals surface area (Å²) in [5.41, 5.74) is 8.43. The monoisotopic (exact) mass is 247 g/mol. The summed E-state index contributed by atoms with van der Waals surface area (Å²) in [6, 6.07) is 5.72. The van der Waals surface area contributed by atoms with Crippen molar-refractivity contribution >= 4 is 41.5 Å². The maximum Gasteiger partial charge on any atom is 0.109 e. The number of hydrogen-bond acceptors (Lipinski definition) is 2. The first-order chi connectivity index (χ1) is 6.16. The molecule has 0 aliphatic carbocycles. The van der Waals surface area contributed by atoms with E-state index in [9.17, 15) is 0 Å². The zero-order valence-electron chi connectivity index (χ0n) is 8.65. The van der Waals surface area contributed by atoms with Gasteiger partial charge in [-0.25, -0.2) is 4.98 Å². The quantitative estimate of drug-likeness (QED) is 0.762. The van der Waals surface area contributed by atoms with E-state index in [1.807, 2.05) is 18.2 Å². The molecule has 2 aromatic rings. The number of imidazole rings is 1. The highest BCUT2D eigenvalue weighted by Gasteiger charge is 2.05. The molecule has 0 amide bonds. The lowest BCUT2D eigenvalue weighted by Crippen LogP contribution is -1.88. The molecule has 0 saturated heterocycles. The van der Waals surface area contributed by atoms with Gasteiger partial charge in [-0.05, 0) is 18.2 Å². The van der Waals surface area contributed by atoms with Crippen molar-refractivity contribution in [3.8, 4) is 0 Å². The molecule has 0 atom stereocenters. The number of nitrogens with one attached hydrogen (secondary N) is 1. The number of benzene rings is 1. The standard InChI is InChI=1S/C10H13N3.2ClH/c1-6(2)10-12-8-4-3-7(11)5-9(8)13-10;;/h3-6H,11H2,1-2H3,(H,12,13);2*1H. The van der Waals surface area contributed by atoms with E-state index in [1.54, 1.807) is 0 Å². The van der Waals surface area contributed by atoms with Gasteiger partial charge < -0.3 is 10.7 Å². The van der Waals surface area contributed by atoms with Gasteiger partial charge in [-0.1, -0.05) is 13.8 Å². The summed E-state index contributed by atoms with van der Waals surface area (Å²) in [5.74, 6) is 1.44. The van der Waals surface area contributed by atoms with Crippen LogP contribution in [0.2, 0.25) is 0 Å². The van der Waals surface area contributed by atoms with Crippen LogP contribution in [0, 0.1) is 0 Å². The van der Waals surface area contributed by atoms with Crippen molar-refractivity contribution in [3.63, 3.8) is 0 Å². The van der Waals surface area contributed by atoms with Gasteiger partial charge in [0.1, 0.15) is 5.82 Å². The number of rotatable bonds is 1. The third-order valence-corrected chi connectivity index (χ3v) is 2.07. The Morgan fingerprint density at radius 2 is 1.93 bits per heavy atom. The molecule has 0 bridgehead atoms. The summed E-state index contributed by atoms with van der Waals surface area (Å²) in [6.07, 6.45) is 0. The Bertz CT molecular complexity index is 437. The minimum Gasteiger partial charge on any atom is -0.399 e. The Balaban J connectivity index is 0.000000980. The van der Waals surface area contributed by atoms with Crippen LogP contribution in [0.3, 0.4) is 0 Å². The molecule has 3 nitrogen and oxygen atoms in total. The van der Waals surface area contributed by atoms with Crippen LogP contribution in [0.25, 0.3) is 11.0 Å². The molecule has 3 N–H and O–H groups in total. The Morgan fingerprint density at radius 3 is 2.53 bits per heavy atom. The summed E-state index contributed by atoms with van der Waals surface area (Å²) >= 11 is 0. The molecule has 0 aliphatic heterocycles. The van der Waals surface area contributed by atoms with Crippen LogP contribution >= 0.6 is 24.8 Å². The molecule has 0 radical (unpaired) electrons. The molecule has 0 fully saturated rings. The first-order valence-electron chi connectivity index (χ1n) is 4.42. The molecule has 1 aromatic heterocycles. The number of H-pyrrole nitrogens is 1. The highest BCUT2D eigenvalue weighted by Crippen LogP contribution is 2.18. The van der Waals surface area contributed by atoms with Gasteiger partial charge in [0.2, 0.25) is 0 Å². The number of nitrogens with two attached hydrogens (primary N) is 1. The molecule has 15 heavy (non-hydrogen) atoms. The summed E-state index contributed by atoms with van der Waals surface area (Å²) in [4.78, 5) is 7.69. The third-order valence-electron chi connectivity index (χ3n) is 2.07. The van der Waals surface area contributed by atoms with E-state index >= 15 is 0 Å². The number of aromatic nitrogens is 2. The minimum atomic E-state index is 0. The van der Waals surface area contributed by atoms with Gasteiger partial charge in [0.15, 0.2) is 0 Å². The van der Waals surface area contributed by atoms with Crippen LogP contribution in [0.1, 0.15) is 25.6 Å². The molecule has 1 aromatic carbocycles. The van der Waals surface area contributed by atoms with E-state index in [4.69, 9.17) is 5.73 Å². The Morgan fingerprint density at radius 1 is 1.27 bits per heavy atom. The van der Waals surface area contributed by atoms with E-state index < -0.39 is 0 Å². The number of nitrogen functional groups attached to an aromatic ring is 1. The summed E-state index contributed by atoms with van der Waals surface area (Å²) < 4.78 is 0. The maximum atomic E-state index is 5.66. The molecule has 84 valence electrons. The SMILES string of the molecule is CC(C)c1nc2ccc(N)cc2[nH]1.Cl.Cl. The van der Waals surface area contributed by atoms with Gasteiger partial charge in [-0.15, -0.1) is 24.8 Å². The van der Waals surface area contributed by atoms with E-state index in [-0.39, 0.29) is 24.8 Å². The number of fused-ring (bicyclic) bond motifs is 1. The maximum absolute atomic E-state index is 5.66. The zero-order valence-corrected chi connectivity index (χ0v) is 10.3. The largest absolute Gasteiger partial charge is 0.399 e. The van der Waals surface area contributed by atoms with Crippen LogP contribution in [0.4, 0.5) is 5.69 Å². The van der Waals surface area contributed by atoms with Gasteiger partial charge in [0, 0.05) is 11.6 Å². The predicted molar refractivity (Wildman–Crippen MR) is 69.1 cm³/mol. The summed E-state index contributed by atoms with van der Waals surface area (Å²) in [7, 11) is 0. The topological polar surface area (TPSA) is 54.7 Å². The third kappa shape index (κ3) is 2.76. The number of aromatic amines is 1. The van der Waals surface area contributed by atoms with Gasteiger partial charge in [-0.2, -0.15) is 0 Å². The van der Waals surface area contributed by atoms with E-state index in [2.05, 4.69) is 23.8 Å². The first-order valence-corrected chi connectivity index (χ1v) is 4.42. The second-order valence-corrected chi connectivity index (χ2v) is 3.55. The number of hydrogen-bond donors (Lipinski definition) is 2. The first kappa shape index (κ1) is 14.1. The lowest BCUT2D eigenvalue weighted by molar-refractivity contribution is 0.799. The van der Waals surface area contributed by atoms with Crippen LogP contribution in [0.5, 0.6) is 0 Å². The Labute approximate surface area is 101 Å². The number of anilines is 1. The average Bonchev–Trinajstić information content (AvgIpc) is 2.46. The van der Waals surface area contributed by atoms with E-state index in [0.29, 0.717) is 5.92 Å². The Kier molecular flexibility index (Phi) is 4.91. The highest BCUT2D eigenvalue weighted by molar-refractivity contribution is 5.85. The fourth-order valence-corrected chi connectivity index (χ4v) is 1.32.